The van der Waals surface area contributed by atoms with Crippen LogP contribution in [0.15, 0.2) is 18.2 Å². The lowest BCUT2D eigenvalue weighted by Gasteiger charge is -2.11. The standard InChI is InChI=1S/C14H15Cl2NO4/c15-9-3-4-12(16)11(6-9)14(19)21-8-13(18)17-7-10-2-1-5-20-10/h3-4,6,10H,1-2,5,7-8H2,(H,17,18)/t10-/m0/s1. The smallest absolute Gasteiger partial charge is 0.340 e. The molecule has 1 saturated heterocycles. The fraction of sp³-hybridized carbons (Fsp3) is 0.429. The van der Waals surface area contributed by atoms with Crippen LogP contribution >= 0.6 is 23.2 Å². The Labute approximate surface area is 132 Å². The number of ether oxygens (including phenoxy) is 2. The third-order valence-electron chi connectivity index (χ3n) is 3.03. The molecule has 1 aliphatic rings. The quantitative estimate of drug-likeness (QED) is 0.841. The molecule has 114 valence electrons. The summed E-state index contributed by atoms with van der Waals surface area (Å²) in [7, 11) is 0. The Morgan fingerprint density at radius 3 is 2.90 bits per heavy atom. The van der Waals surface area contributed by atoms with Gasteiger partial charge in [0.2, 0.25) is 0 Å². The van der Waals surface area contributed by atoms with Gasteiger partial charge in [-0.3, -0.25) is 4.79 Å². The second kappa shape index (κ2) is 7.64. The summed E-state index contributed by atoms with van der Waals surface area (Å²) in [6.45, 7) is 0.783. The van der Waals surface area contributed by atoms with Crippen LogP contribution in [0.1, 0.15) is 23.2 Å². The number of benzene rings is 1. The predicted octanol–water partition coefficient (Wildman–Crippen LogP) is 2.45. The van der Waals surface area contributed by atoms with Crippen LogP contribution < -0.4 is 5.32 Å². The first-order chi connectivity index (χ1) is 10.1. The van der Waals surface area contributed by atoms with Crippen molar-refractivity contribution < 1.29 is 19.1 Å². The number of rotatable bonds is 5. The van der Waals surface area contributed by atoms with E-state index in [2.05, 4.69) is 5.32 Å². The van der Waals surface area contributed by atoms with Crippen LogP contribution in [0.25, 0.3) is 0 Å². The predicted molar refractivity (Wildman–Crippen MR) is 78.7 cm³/mol. The number of hydrogen-bond acceptors (Lipinski definition) is 4. The van der Waals surface area contributed by atoms with Crippen molar-refractivity contribution in [2.45, 2.75) is 18.9 Å². The number of amides is 1. The summed E-state index contributed by atoms with van der Waals surface area (Å²) in [6.07, 6.45) is 1.98. The molecule has 0 saturated carbocycles. The summed E-state index contributed by atoms with van der Waals surface area (Å²) in [5, 5.41) is 3.25. The first kappa shape index (κ1) is 16.1. The molecule has 2 rings (SSSR count). The second-order valence-electron chi connectivity index (χ2n) is 4.64. The first-order valence-electron chi connectivity index (χ1n) is 6.57. The minimum atomic E-state index is -0.685. The molecule has 1 heterocycles. The van der Waals surface area contributed by atoms with Gasteiger partial charge in [0.25, 0.3) is 5.91 Å². The van der Waals surface area contributed by atoms with Gasteiger partial charge in [0.15, 0.2) is 6.61 Å². The van der Waals surface area contributed by atoms with E-state index in [-0.39, 0.29) is 29.2 Å². The van der Waals surface area contributed by atoms with E-state index in [4.69, 9.17) is 32.7 Å². The van der Waals surface area contributed by atoms with E-state index in [1.54, 1.807) is 6.07 Å². The average Bonchev–Trinajstić information content (AvgIpc) is 2.98. The van der Waals surface area contributed by atoms with Gasteiger partial charge in [0.05, 0.1) is 16.7 Å². The van der Waals surface area contributed by atoms with Crippen molar-refractivity contribution in [3.63, 3.8) is 0 Å². The molecule has 1 N–H and O–H groups in total. The van der Waals surface area contributed by atoms with Crippen LogP contribution in [-0.2, 0) is 14.3 Å². The van der Waals surface area contributed by atoms with Crippen LogP contribution in [0.5, 0.6) is 0 Å². The van der Waals surface area contributed by atoms with E-state index in [1.807, 2.05) is 0 Å². The lowest BCUT2D eigenvalue weighted by atomic mass is 10.2. The fourth-order valence-electron chi connectivity index (χ4n) is 1.95. The van der Waals surface area contributed by atoms with Gasteiger partial charge in [-0.15, -0.1) is 0 Å². The zero-order chi connectivity index (χ0) is 15.2. The molecule has 0 aromatic heterocycles. The summed E-state index contributed by atoms with van der Waals surface area (Å²) in [6, 6.07) is 4.46. The maximum Gasteiger partial charge on any atom is 0.340 e. The van der Waals surface area contributed by atoms with Crippen molar-refractivity contribution in [1.29, 1.82) is 0 Å². The monoisotopic (exact) mass is 331 g/mol. The van der Waals surface area contributed by atoms with E-state index in [9.17, 15) is 9.59 Å². The van der Waals surface area contributed by atoms with E-state index in [0.29, 0.717) is 11.6 Å². The first-order valence-corrected chi connectivity index (χ1v) is 7.32. The van der Waals surface area contributed by atoms with Crippen molar-refractivity contribution >= 4 is 35.1 Å². The van der Waals surface area contributed by atoms with Gasteiger partial charge < -0.3 is 14.8 Å². The molecule has 21 heavy (non-hydrogen) atoms. The van der Waals surface area contributed by atoms with Gasteiger partial charge in [0, 0.05) is 18.2 Å². The number of carbonyl (C=O) groups excluding carboxylic acids is 2. The maximum absolute atomic E-state index is 11.8. The largest absolute Gasteiger partial charge is 0.452 e. The second-order valence-corrected chi connectivity index (χ2v) is 5.48. The molecule has 0 unspecified atom stereocenters. The summed E-state index contributed by atoms with van der Waals surface area (Å²) in [5.41, 5.74) is 0.135. The van der Waals surface area contributed by atoms with Crippen molar-refractivity contribution in [3.8, 4) is 0 Å². The maximum atomic E-state index is 11.8. The Kier molecular flexibility index (Phi) is 5.85. The molecule has 0 aliphatic carbocycles. The Bertz CT molecular complexity index is 530. The molecule has 5 nitrogen and oxygen atoms in total. The Hall–Kier alpha value is -1.30. The van der Waals surface area contributed by atoms with Crippen LogP contribution in [0, 0.1) is 0 Å². The van der Waals surface area contributed by atoms with Crippen LogP contribution in [0.4, 0.5) is 0 Å². The topological polar surface area (TPSA) is 64.6 Å². The number of nitrogens with one attached hydrogen (secondary N) is 1. The zero-order valence-electron chi connectivity index (χ0n) is 11.2. The lowest BCUT2D eigenvalue weighted by molar-refractivity contribution is -0.124. The average molecular weight is 332 g/mol. The van der Waals surface area contributed by atoms with Gasteiger partial charge >= 0.3 is 5.97 Å². The van der Waals surface area contributed by atoms with Crippen molar-refractivity contribution in [3.05, 3.63) is 33.8 Å². The summed E-state index contributed by atoms with van der Waals surface area (Å²) < 4.78 is 10.3. The molecule has 1 atom stereocenters. The summed E-state index contributed by atoms with van der Waals surface area (Å²) in [4.78, 5) is 23.4. The highest BCUT2D eigenvalue weighted by molar-refractivity contribution is 6.35. The lowest BCUT2D eigenvalue weighted by Crippen LogP contribution is -2.34. The third-order valence-corrected chi connectivity index (χ3v) is 3.60. The summed E-state index contributed by atoms with van der Waals surface area (Å²) >= 11 is 11.7. The number of carbonyl (C=O) groups is 2. The Morgan fingerprint density at radius 2 is 2.19 bits per heavy atom. The molecule has 1 amide bonds. The molecule has 1 fully saturated rings. The number of halogens is 2. The van der Waals surface area contributed by atoms with Crippen LogP contribution in [0.3, 0.4) is 0 Å². The van der Waals surface area contributed by atoms with Gasteiger partial charge in [-0.25, -0.2) is 4.79 Å². The molecule has 1 aromatic carbocycles. The molecule has 7 heteroatoms. The van der Waals surface area contributed by atoms with Crippen molar-refractivity contribution in [2.75, 3.05) is 19.8 Å². The highest BCUT2D eigenvalue weighted by Gasteiger charge is 2.17. The minimum Gasteiger partial charge on any atom is -0.452 e. The number of hydrogen-bond donors (Lipinski definition) is 1. The molecule has 0 bridgehead atoms. The molecule has 1 aromatic rings. The van der Waals surface area contributed by atoms with Crippen molar-refractivity contribution in [2.24, 2.45) is 0 Å². The minimum absolute atomic E-state index is 0.0482. The SMILES string of the molecule is O=C(COC(=O)c1cc(Cl)ccc1Cl)NC[C@@H]1CCCO1. The van der Waals surface area contributed by atoms with Gasteiger partial charge in [-0.2, -0.15) is 0 Å². The molecule has 1 aliphatic heterocycles. The highest BCUT2D eigenvalue weighted by Crippen LogP contribution is 2.21. The molecule has 0 spiro atoms. The Balaban J connectivity index is 1.77. The third kappa shape index (κ3) is 4.88. The van der Waals surface area contributed by atoms with E-state index in [1.165, 1.54) is 12.1 Å². The fourth-order valence-corrected chi connectivity index (χ4v) is 2.31. The Morgan fingerprint density at radius 1 is 1.38 bits per heavy atom. The van der Waals surface area contributed by atoms with Gasteiger partial charge in [0.1, 0.15) is 0 Å². The molecular weight excluding hydrogens is 317 g/mol. The van der Waals surface area contributed by atoms with Crippen LogP contribution in [-0.4, -0.2) is 37.7 Å². The van der Waals surface area contributed by atoms with E-state index in [0.717, 1.165) is 19.4 Å². The zero-order valence-corrected chi connectivity index (χ0v) is 12.7. The number of esters is 1. The molecule has 0 radical (unpaired) electrons. The van der Waals surface area contributed by atoms with E-state index >= 15 is 0 Å². The summed E-state index contributed by atoms with van der Waals surface area (Å²) in [5.74, 6) is -1.06. The van der Waals surface area contributed by atoms with Crippen molar-refractivity contribution in [1.82, 2.24) is 5.32 Å². The normalized spacial score (nSPS) is 17.5. The van der Waals surface area contributed by atoms with Gasteiger partial charge in [-0.1, -0.05) is 23.2 Å². The highest BCUT2D eigenvalue weighted by atomic mass is 35.5. The van der Waals surface area contributed by atoms with E-state index < -0.39 is 5.97 Å². The van der Waals surface area contributed by atoms with Crippen LogP contribution in [0.2, 0.25) is 10.0 Å². The molecular formula is C14H15Cl2NO4. The van der Waals surface area contributed by atoms with Gasteiger partial charge in [-0.05, 0) is 31.0 Å².